The van der Waals surface area contributed by atoms with Gasteiger partial charge in [-0.15, -0.1) is 11.3 Å². The van der Waals surface area contributed by atoms with Crippen molar-refractivity contribution in [2.75, 3.05) is 21.3 Å². The van der Waals surface area contributed by atoms with Gasteiger partial charge in [0.2, 0.25) is 0 Å². The fraction of sp³-hybridized carbons (Fsp3) is 0.250. The van der Waals surface area contributed by atoms with Crippen LogP contribution >= 0.6 is 11.3 Å². The molecular formula is C24H23NO6S. The molecule has 166 valence electrons. The molecule has 3 aromatic rings. The molecule has 32 heavy (non-hydrogen) atoms. The number of Topliss-reactive ketones (excluding diaryl/α,β-unsaturated/α-hetero) is 3. The second kappa shape index (κ2) is 10.2. The highest BCUT2D eigenvalue weighted by atomic mass is 32.1. The maximum Gasteiger partial charge on any atom is 0.181 e. The molecule has 8 heteroatoms. The highest BCUT2D eigenvalue weighted by molar-refractivity contribution is 7.12. The molecule has 0 saturated carbocycles. The van der Waals surface area contributed by atoms with Crippen LogP contribution in [0.1, 0.15) is 50.3 Å². The Morgan fingerprint density at radius 1 is 0.844 bits per heavy atom. The van der Waals surface area contributed by atoms with E-state index in [4.69, 9.17) is 14.2 Å². The summed E-state index contributed by atoms with van der Waals surface area (Å²) in [4.78, 5) is 42.0. The van der Waals surface area contributed by atoms with Crippen LogP contribution in [0.2, 0.25) is 0 Å². The Bertz CT molecular complexity index is 1170. The Labute approximate surface area is 190 Å². The Morgan fingerprint density at radius 2 is 1.50 bits per heavy atom. The average molecular weight is 454 g/mol. The number of carbonyl (C=O) groups excluding carboxylic acids is 3. The van der Waals surface area contributed by atoms with E-state index in [1.54, 1.807) is 41.8 Å². The van der Waals surface area contributed by atoms with E-state index in [0.717, 1.165) is 0 Å². The summed E-state index contributed by atoms with van der Waals surface area (Å²) in [7, 11) is 4.53. The van der Waals surface area contributed by atoms with Crippen molar-refractivity contribution < 1.29 is 28.6 Å². The maximum atomic E-state index is 12.7. The lowest BCUT2D eigenvalue weighted by Crippen LogP contribution is -2.08. The zero-order valence-corrected chi connectivity index (χ0v) is 19.1. The number of hydrogen-bond acceptors (Lipinski definition) is 8. The topological polar surface area (TPSA) is 91.8 Å². The third-order valence-electron chi connectivity index (χ3n) is 4.87. The predicted octanol–water partition coefficient (Wildman–Crippen LogP) is 4.88. The van der Waals surface area contributed by atoms with Crippen molar-refractivity contribution in [3.63, 3.8) is 0 Å². The highest BCUT2D eigenvalue weighted by Crippen LogP contribution is 2.32. The van der Waals surface area contributed by atoms with Gasteiger partial charge in [-0.05, 0) is 43.3 Å². The molecule has 3 rings (SSSR count). The van der Waals surface area contributed by atoms with Crippen LogP contribution in [0, 0.1) is 0 Å². The summed E-state index contributed by atoms with van der Waals surface area (Å²) in [6, 6.07) is 9.86. The molecule has 0 aliphatic carbocycles. The molecule has 0 bridgehead atoms. The number of thiophene rings is 1. The van der Waals surface area contributed by atoms with Gasteiger partial charge >= 0.3 is 0 Å². The smallest absolute Gasteiger partial charge is 0.181 e. The van der Waals surface area contributed by atoms with Gasteiger partial charge in [-0.25, -0.2) is 4.98 Å². The summed E-state index contributed by atoms with van der Waals surface area (Å²) in [6.45, 7) is 1.50. The van der Waals surface area contributed by atoms with Gasteiger partial charge in [0.15, 0.2) is 28.8 Å². The molecule has 0 spiro atoms. The second-order valence-electron chi connectivity index (χ2n) is 6.92. The number of pyridine rings is 1. The monoisotopic (exact) mass is 453 g/mol. The van der Waals surface area contributed by atoms with Crippen molar-refractivity contribution in [3.8, 4) is 28.5 Å². The van der Waals surface area contributed by atoms with E-state index in [0.29, 0.717) is 38.9 Å². The van der Waals surface area contributed by atoms with Gasteiger partial charge in [0.1, 0.15) is 17.1 Å². The molecule has 0 radical (unpaired) electrons. The minimum Gasteiger partial charge on any atom is -0.494 e. The molecule has 1 aromatic carbocycles. The van der Waals surface area contributed by atoms with E-state index in [9.17, 15) is 14.4 Å². The van der Waals surface area contributed by atoms with Crippen molar-refractivity contribution in [2.24, 2.45) is 0 Å². The third kappa shape index (κ3) is 5.03. The van der Waals surface area contributed by atoms with Crippen LogP contribution < -0.4 is 14.2 Å². The normalized spacial score (nSPS) is 10.5. The molecular weight excluding hydrogens is 430 g/mol. The van der Waals surface area contributed by atoms with Gasteiger partial charge < -0.3 is 14.2 Å². The van der Waals surface area contributed by atoms with Gasteiger partial charge in [-0.3, -0.25) is 14.4 Å². The Morgan fingerprint density at radius 3 is 2.12 bits per heavy atom. The van der Waals surface area contributed by atoms with Crippen molar-refractivity contribution in [1.29, 1.82) is 0 Å². The molecule has 2 aromatic heterocycles. The predicted molar refractivity (Wildman–Crippen MR) is 122 cm³/mol. The van der Waals surface area contributed by atoms with Crippen molar-refractivity contribution in [3.05, 3.63) is 57.9 Å². The lowest BCUT2D eigenvalue weighted by Gasteiger charge is -2.10. The number of ether oxygens (including phenoxy) is 3. The van der Waals surface area contributed by atoms with Crippen molar-refractivity contribution in [2.45, 2.75) is 19.8 Å². The standard InChI is InChI=1S/C24H23NO6S/c1-14(26)23-12-16(13-32-23)24-21(30-3)10-6-17(25-24)19(28)8-7-18(27)15-5-9-20(29-2)22(11-15)31-4/h5-6,9-13H,7-8H2,1-4H3. The minimum absolute atomic E-state index is 0.00821. The van der Waals surface area contributed by atoms with E-state index in [2.05, 4.69) is 4.98 Å². The third-order valence-corrected chi connectivity index (χ3v) is 5.90. The summed E-state index contributed by atoms with van der Waals surface area (Å²) >= 11 is 1.31. The zero-order valence-electron chi connectivity index (χ0n) is 18.3. The zero-order chi connectivity index (χ0) is 23.3. The fourth-order valence-corrected chi connectivity index (χ4v) is 3.92. The molecule has 0 unspecified atom stereocenters. The van der Waals surface area contributed by atoms with E-state index in [-0.39, 0.29) is 35.9 Å². The molecule has 2 heterocycles. The Balaban J connectivity index is 1.76. The Kier molecular flexibility index (Phi) is 7.37. The van der Waals surface area contributed by atoms with Crippen LogP contribution in [0.4, 0.5) is 0 Å². The molecule has 7 nitrogen and oxygen atoms in total. The lowest BCUT2D eigenvalue weighted by atomic mass is 10.0. The van der Waals surface area contributed by atoms with E-state index >= 15 is 0 Å². The van der Waals surface area contributed by atoms with Crippen molar-refractivity contribution >= 4 is 28.7 Å². The summed E-state index contributed by atoms with van der Waals surface area (Å²) in [6.07, 6.45) is 0.0403. The first-order chi connectivity index (χ1) is 15.4. The summed E-state index contributed by atoms with van der Waals surface area (Å²) in [5, 5.41) is 1.80. The highest BCUT2D eigenvalue weighted by Gasteiger charge is 2.18. The number of nitrogens with zero attached hydrogens (tertiary/aromatic N) is 1. The summed E-state index contributed by atoms with van der Waals surface area (Å²) in [5.41, 5.74) is 1.85. The van der Waals surface area contributed by atoms with E-state index < -0.39 is 0 Å². The number of rotatable bonds is 10. The summed E-state index contributed by atoms with van der Waals surface area (Å²) in [5.74, 6) is 0.988. The maximum absolute atomic E-state index is 12.7. The van der Waals surface area contributed by atoms with Crippen molar-refractivity contribution in [1.82, 2.24) is 4.98 Å². The van der Waals surface area contributed by atoms with Gasteiger partial charge in [-0.1, -0.05) is 0 Å². The number of methoxy groups -OCH3 is 3. The second-order valence-corrected chi connectivity index (χ2v) is 7.83. The first-order valence-electron chi connectivity index (χ1n) is 9.81. The van der Waals surface area contributed by atoms with Gasteiger partial charge in [-0.2, -0.15) is 0 Å². The number of benzene rings is 1. The lowest BCUT2D eigenvalue weighted by molar-refractivity contribution is 0.0915. The number of ketones is 3. The van der Waals surface area contributed by atoms with E-state index in [1.165, 1.54) is 39.6 Å². The molecule has 0 atom stereocenters. The van der Waals surface area contributed by atoms with Gasteiger partial charge in [0.05, 0.1) is 26.2 Å². The van der Waals surface area contributed by atoms with Crippen LogP contribution in [0.25, 0.3) is 11.3 Å². The van der Waals surface area contributed by atoms with Crippen LogP contribution in [0.3, 0.4) is 0 Å². The van der Waals surface area contributed by atoms with Crippen LogP contribution in [0.5, 0.6) is 17.2 Å². The largest absolute Gasteiger partial charge is 0.494 e. The molecule has 0 amide bonds. The molecule has 0 N–H and O–H groups in total. The quantitative estimate of drug-likeness (QED) is 0.404. The van der Waals surface area contributed by atoms with Crippen LogP contribution in [-0.4, -0.2) is 43.7 Å². The first kappa shape index (κ1) is 23.1. The van der Waals surface area contributed by atoms with Gasteiger partial charge in [0.25, 0.3) is 0 Å². The fourth-order valence-electron chi connectivity index (χ4n) is 3.13. The molecule has 0 aliphatic rings. The SMILES string of the molecule is COc1ccc(C(=O)CCC(=O)c2ccc(OC)c(-c3csc(C(C)=O)c3)n2)cc1OC. The molecule has 0 saturated heterocycles. The minimum atomic E-state index is -0.259. The molecule has 0 aliphatic heterocycles. The number of carbonyl (C=O) groups is 3. The van der Waals surface area contributed by atoms with Crippen LogP contribution in [-0.2, 0) is 0 Å². The Hall–Kier alpha value is -3.52. The number of aromatic nitrogens is 1. The van der Waals surface area contributed by atoms with Crippen LogP contribution in [0.15, 0.2) is 41.8 Å². The average Bonchev–Trinajstić information content (AvgIpc) is 3.32. The van der Waals surface area contributed by atoms with E-state index in [1.807, 2.05) is 0 Å². The van der Waals surface area contributed by atoms with Gasteiger partial charge in [0, 0.05) is 29.3 Å². The number of hydrogen-bond donors (Lipinski definition) is 0. The summed E-state index contributed by atoms with van der Waals surface area (Å²) < 4.78 is 15.8. The first-order valence-corrected chi connectivity index (χ1v) is 10.7. The molecule has 0 fully saturated rings.